The van der Waals surface area contributed by atoms with Crippen LogP contribution in [0.5, 0.6) is 0 Å². The topological polar surface area (TPSA) is 64.0 Å². The van der Waals surface area contributed by atoms with Gasteiger partial charge in [0.2, 0.25) is 5.91 Å². The standard InChI is InChI=1S/C21H24ClN3O2S2/c1-5-15(6-2)23-17(26)11-28-21-24-19-18(12(3)13(4)29-19)20(27)25(21)16-9-7-14(22)8-10-16/h7-10,15H,5-6,11H2,1-4H3,(H,23,26). The van der Waals surface area contributed by atoms with Gasteiger partial charge in [-0.25, -0.2) is 4.98 Å². The maximum Gasteiger partial charge on any atom is 0.267 e. The van der Waals surface area contributed by atoms with Gasteiger partial charge in [0.25, 0.3) is 5.56 Å². The summed E-state index contributed by atoms with van der Waals surface area (Å²) in [6.45, 7) is 8.04. The largest absolute Gasteiger partial charge is 0.353 e. The summed E-state index contributed by atoms with van der Waals surface area (Å²) in [6, 6.07) is 7.24. The maximum absolute atomic E-state index is 13.4. The van der Waals surface area contributed by atoms with Crippen molar-refractivity contribution < 1.29 is 4.79 Å². The molecule has 8 heteroatoms. The Morgan fingerprint density at radius 3 is 2.52 bits per heavy atom. The monoisotopic (exact) mass is 449 g/mol. The van der Waals surface area contributed by atoms with E-state index >= 15 is 0 Å². The Morgan fingerprint density at radius 1 is 1.24 bits per heavy atom. The van der Waals surface area contributed by atoms with Crippen molar-refractivity contribution in [1.29, 1.82) is 0 Å². The van der Waals surface area contributed by atoms with Crippen LogP contribution in [0.3, 0.4) is 0 Å². The molecule has 0 aliphatic heterocycles. The van der Waals surface area contributed by atoms with Crippen molar-refractivity contribution in [2.75, 3.05) is 5.75 Å². The van der Waals surface area contributed by atoms with Gasteiger partial charge in [0, 0.05) is 15.9 Å². The Bertz CT molecular complexity index is 1090. The molecule has 0 saturated carbocycles. The molecule has 0 bridgehead atoms. The second-order valence-corrected chi connectivity index (χ2v) is 9.43. The molecule has 0 aliphatic rings. The van der Waals surface area contributed by atoms with Crippen molar-refractivity contribution in [3.63, 3.8) is 0 Å². The lowest BCUT2D eigenvalue weighted by atomic mass is 10.2. The Hall–Kier alpha value is -1.83. The van der Waals surface area contributed by atoms with Crippen LogP contribution in [0.25, 0.3) is 15.9 Å². The molecule has 154 valence electrons. The summed E-state index contributed by atoms with van der Waals surface area (Å²) in [4.78, 5) is 32.3. The molecule has 3 aromatic rings. The first-order valence-corrected chi connectivity index (χ1v) is 11.7. The minimum atomic E-state index is -0.123. The maximum atomic E-state index is 13.4. The predicted molar refractivity (Wildman–Crippen MR) is 123 cm³/mol. The molecule has 1 amide bonds. The van der Waals surface area contributed by atoms with Gasteiger partial charge in [0.1, 0.15) is 4.83 Å². The SMILES string of the molecule is CCC(CC)NC(=O)CSc1nc2sc(C)c(C)c2c(=O)n1-c1ccc(Cl)cc1. The smallest absolute Gasteiger partial charge is 0.267 e. The third-order valence-corrected chi connectivity index (χ3v) is 7.23. The number of aryl methyl sites for hydroxylation is 2. The fourth-order valence-corrected chi connectivity index (χ4v) is 5.10. The quantitative estimate of drug-likeness (QED) is 0.402. The number of rotatable bonds is 7. The first kappa shape index (κ1) is 21.9. The van der Waals surface area contributed by atoms with Gasteiger partial charge >= 0.3 is 0 Å². The lowest BCUT2D eigenvalue weighted by molar-refractivity contribution is -0.119. The summed E-state index contributed by atoms with van der Waals surface area (Å²) >= 11 is 8.80. The molecule has 0 radical (unpaired) electrons. The van der Waals surface area contributed by atoms with E-state index in [1.54, 1.807) is 28.8 Å². The minimum absolute atomic E-state index is 0.0563. The molecule has 0 saturated heterocycles. The van der Waals surface area contributed by atoms with Gasteiger partial charge in [-0.1, -0.05) is 37.2 Å². The van der Waals surface area contributed by atoms with Crippen molar-refractivity contribution in [2.24, 2.45) is 0 Å². The zero-order valence-electron chi connectivity index (χ0n) is 16.9. The van der Waals surface area contributed by atoms with Gasteiger partial charge in [-0.05, 0) is 56.5 Å². The van der Waals surface area contributed by atoms with Crippen LogP contribution in [0, 0.1) is 13.8 Å². The number of hydrogen-bond acceptors (Lipinski definition) is 5. The predicted octanol–water partition coefficient (Wildman–Crippen LogP) is 5.11. The molecular weight excluding hydrogens is 426 g/mol. The highest BCUT2D eigenvalue weighted by atomic mass is 35.5. The molecule has 0 atom stereocenters. The second kappa shape index (κ2) is 9.32. The first-order chi connectivity index (χ1) is 13.8. The number of halogens is 1. The number of benzene rings is 1. The summed E-state index contributed by atoms with van der Waals surface area (Å²) in [6.07, 6.45) is 1.78. The highest BCUT2D eigenvalue weighted by Gasteiger charge is 2.19. The fraction of sp³-hybridized carbons (Fsp3) is 0.381. The summed E-state index contributed by atoms with van der Waals surface area (Å²) in [7, 11) is 0. The van der Waals surface area contributed by atoms with Crippen molar-refractivity contribution in [2.45, 2.75) is 51.7 Å². The zero-order chi connectivity index (χ0) is 21.1. The third-order valence-electron chi connectivity index (χ3n) is 4.94. The zero-order valence-corrected chi connectivity index (χ0v) is 19.3. The van der Waals surface area contributed by atoms with Crippen LogP contribution in [0.1, 0.15) is 37.1 Å². The van der Waals surface area contributed by atoms with Crippen LogP contribution in [0.4, 0.5) is 0 Å². The number of amides is 1. The number of carbonyl (C=O) groups excluding carboxylic acids is 1. The molecule has 0 aliphatic carbocycles. The fourth-order valence-electron chi connectivity index (χ4n) is 3.08. The van der Waals surface area contributed by atoms with Crippen LogP contribution in [-0.4, -0.2) is 27.3 Å². The van der Waals surface area contributed by atoms with Gasteiger partial charge in [-0.15, -0.1) is 11.3 Å². The molecule has 0 spiro atoms. The van der Waals surface area contributed by atoms with Crippen LogP contribution < -0.4 is 10.9 Å². The average molecular weight is 450 g/mol. The normalized spacial score (nSPS) is 11.4. The van der Waals surface area contributed by atoms with E-state index in [1.165, 1.54) is 23.1 Å². The Balaban J connectivity index is 2.03. The first-order valence-electron chi connectivity index (χ1n) is 9.56. The van der Waals surface area contributed by atoms with Crippen LogP contribution in [0.2, 0.25) is 5.02 Å². The Labute approximate surface area is 183 Å². The van der Waals surface area contributed by atoms with Gasteiger partial charge in [-0.3, -0.25) is 14.2 Å². The van der Waals surface area contributed by atoms with Gasteiger partial charge < -0.3 is 5.32 Å². The number of aromatic nitrogens is 2. The molecule has 5 nitrogen and oxygen atoms in total. The van der Waals surface area contributed by atoms with Crippen molar-refractivity contribution >= 4 is 50.8 Å². The number of hydrogen-bond donors (Lipinski definition) is 1. The number of nitrogens with one attached hydrogen (secondary N) is 1. The molecule has 29 heavy (non-hydrogen) atoms. The molecule has 1 aromatic carbocycles. The second-order valence-electron chi connectivity index (χ2n) is 6.84. The van der Waals surface area contributed by atoms with Crippen molar-refractivity contribution in [1.82, 2.24) is 14.9 Å². The lowest BCUT2D eigenvalue weighted by Gasteiger charge is -2.15. The van der Waals surface area contributed by atoms with E-state index in [4.69, 9.17) is 16.6 Å². The molecule has 0 unspecified atom stereocenters. The molecule has 2 aromatic heterocycles. The van der Waals surface area contributed by atoms with Crippen molar-refractivity contribution in [3.8, 4) is 5.69 Å². The van der Waals surface area contributed by atoms with Crippen LogP contribution in [-0.2, 0) is 4.79 Å². The molecule has 3 rings (SSSR count). The number of carbonyl (C=O) groups is 1. The molecule has 0 fully saturated rings. The number of nitrogens with zero attached hydrogens (tertiary/aromatic N) is 2. The number of fused-ring (bicyclic) bond motifs is 1. The molecule has 1 N–H and O–H groups in total. The van der Waals surface area contributed by atoms with Gasteiger partial charge in [-0.2, -0.15) is 0 Å². The van der Waals surface area contributed by atoms with E-state index in [0.717, 1.165) is 23.3 Å². The highest BCUT2D eigenvalue weighted by Crippen LogP contribution is 2.29. The summed E-state index contributed by atoms with van der Waals surface area (Å²) in [5, 5.41) is 4.76. The highest BCUT2D eigenvalue weighted by molar-refractivity contribution is 7.99. The summed E-state index contributed by atoms with van der Waals surface area (Å²) in [5.74, 6) is 0.144. The molecular formula is C21H24ClN3O2S2. The Kier molecular flexibility index (Phi) is 7.03. The van der Waals surface area contributed by atoms with Crippen LogP contribution in [0.15, 0.2) is 34.2 Å². The van der Waals surface area contributed by atoms with E-state index in [9.17, 15) is 9.59 Å². The Morgan fingerprint density at radius 2 is 1.90 bits per heavy atom. The van der Waals surface area contributed by atoms with E-state index in [1.807, 2.05) is 13.8 Å². The van der Waals surface area contributed by atoms with Crippen molar-refractivity contribution in [3.05, 3.63) is 50.1 Å². The third kappa shape index (κ3) is 4.68. The number of thiophene rings is 1. The van der Waals surface area contributed by atoms with Crippen LogP contribution >= 0.6 is 34.7 Å². The summed E-state index contributed by atoms with van der Waals surface area (Å²) < 4.78 is 1.58. The average Bonchev–Trinajstić information content (AvgIpc) is 2.99. The summed E-state index contributed by atoms with van der Waals surface area (Å²) in [5.41, 5.74) is 1.51. The number of thioether (sulfide) groups is 1. The van der Waals surface area contributed by atoms with E-state index in [0.29, 0.717) is 26.1 Å². The minimum Gasteiger partial charge on any atom is -0.353 e. The lowest BCUT2D eigenvalue weighted by Crippen LogP contribution is -2.35. The van der Waals surface area contributed by atoms with E-state index in [-0.39, 0.29) is 23.3 Å². The van der Waals surface area contributed by atoms with E-state index < -0.39 is 0 Å². The van der Waals surface area contributed by atoms with Gasteiger partial charge in [0.05, 0.1) is 16.8 Å². The molecule has 2 heterocycles. The van der Waals surface area contributed by atoms with Gasteiger partial charge in [0.15, 0.2) is 5.16 Å². The van der Waals surface area contributed by atoms with E-state index in [2.05, 4.69) is 19.2 Å².